The first kappa shape index (κ1) is 26.5. The standard InChI is InChI=1S/C38H27FN2O2S/c39-29-19-16-26(17-20-29)36-32-21-18-25-9-2-5-14-31(25)35(32)40-38-41(36)37(42)34(44-38)22-27-10-3-6-15-33(27)43-23-28-12-7-11-24-8-1-4-13-30(24)28/h1-17,19-20,22,36H,18,21,23H2. The van der Waals surface area contributed by atoms with E-state index >= 15 is 0 Å². The van der Waals surface area contributed by atoms with Crippen molar-refractivity contribution in [2.45, 2.75) is 25.5 Å². The van der Waals surface area contributed by atoms with Crippen LogP contribution in [0.4, 0.5) is 4.39 Å². The zero-order chi connectivity index (χ0) is 29.6. The summed E-state index contributed by atoms with van der Waals surface area (Å²) < 4.78 is 22.7. The molecule has 0 fully saturated rings. The molecule has 0 amide bonds. The van der Waals surface area contributed by atoms with E-state index in [1.54, 1.807) is 16.7 Å². The number of nitrogens with zero attached hydrogens (tertiary/aromatic N) is 2. The fourth-order valence-corrected chi connectivity index (χ4v) is 7.41. The largest absolute Gasteiger partial charge is 0.488 e. The van der Waals surface area contributed by atoms with Gasteiger partial charge in [0.05, 0.1) is 16.3 Å². The molecule has 44 heavy (non-hydrogen) atoms. The number of ether oxygens (including phenoxy) is 1. The number of aryl methyl sites for hydroxylation is 1. The number of benzene rings is 5. The van der Waals surface area contributed by atoms with Crippen molar-refractivity contribution in [3.8, 4) is 5.75 Å². The molecule has 1 aromatic heterocycles. The van der Waals surface area contributed by atoms with Gasteiger partial charge in [-0.05, 0) is 70.2 Å². The van der Waals surface area contributed by atoms with E-state index in [-0.39, 0.29) is 17.4 Å². The summed E-state index contributed by atoms with van der Waals surface area (Å²) in [6.45, 7) is 0.407. The molecule has 1 aliphatic carbocycles. The number of rotatable bonds is 5. The maximum Gasteiger partial charge on any atom is 0.271 e. The van der Waals surface area contributed by atoms with E-state index in [1.807, 2.05) is 54.6 Å². The van der Waals surface area contributed by atoms with Crippen LogP contribution >= 0.6 is 11.3 Å². The first-order valence-electron chi connectivity index (χ1n) is 14.7. The highest BCUT2D eigenvalue weighted by Crippen LogP contribution is 2.41. The van der Waals surface area contributed by atoms with Crippen LogP contribution in [0.25, 0.3) is 22.5 Å². The Bertz CT molecular complexity index is 2280. The van der Waals surface area contributed by atoms with Gasteiger partial charge in [0.1, 0.15) is 18.2 Å². The first-order chi connectivity index (χ1) is 21.6. The minimum atomic E-state index is -0.352. The lowest BCUT2D eigenvalue weighted by atomic mass is 9.83. The van der Waals surface area contributed by atoms with Crippen LogP contribution in [0.3, 0.4) is 0 Å². The van der Waals surface area contributed by atoms with Gasteiger partial charge in [-0.3, -0.25) is 9.36 Å². The van der Waals surface area contributed by atoms with Gasteiger partial charge < -0.3 is 4.74 Å². The number of allylic oxidation sites excluding steroid dienone is 1. The van der Waals surface area contributed by atoms with E-state index < -0.39 is 0 Å². The third-order valence-electron chi connectivity index (χ3n) is 8.53. The number of halogens is 1. The lowest BCUT2D eigenvalue weighted by molar-refractivity contribution is 0.307. The minimum Gasteiger partial charge on any atom is -0.488 e. The zero-order valence-electron chi connectivity index (χ0n) is 23.7. The molecule has 214 valence electrons. The average Bonchev–Trinajstić information content (AvgIpc) is 3.37. The van der Waals surface area contributed by atoms with Crippen molar-refractivity contribution in [1.82, 2.24) is 4.57 Å². The van der Waals surface area contributed by atoms with E-state index in [1.165, 1.54) is 34.4 Å². The molecule has 0 saturated heterocycles. The highest BCUT2D eigenvalue weighted by Gasteiger charge is 2.32. The predicted octanol–water partition coefficient (Wildman–Crippen LogP) is 7.19. The molecule has 0 radical (unpaired) electrons. The lowest BCUT2D eigenvalue weighted by Crippen LogP contribution is -2.38. The molecular formula is C38H27FN2O2S. The highest BCUT2D eigenvalue weighted by molar-refractivity contribution is 7.07. The van der Waals surface area contributed by atoms with Gasteiger partial charge in [-0.15, -0.1) is 0 Å². The first-order valence-corrected chi connectivity index (χ1v) is 15.5. The van der Waals surface area contributed by atoms with Gasteiger partial charge in [0.25, 0.3) is 5.56 Å². The number of hydrogen-bond acceptors (Lipinski definition) is 4. The van der Waals surface area contributed by atoms with E-state index in [2.05, 4.69) is 42.5 Å². The smallest absolute Gasteiger partial charge is 0.271 e. The van der Waals surface area contributed by atoms with Crippen LogP contribution in [0.15, 0.2) is 131 Å². The highest BCUT2D eigenvalue weighted by atomic mass is 32.1. The van der Waals surface area contributed by atoms with Gasteiger partial charge in [0.15, 0.2) is 4.80 Å². The Morgan fingerprint density at radius 3 is 2.55 bits per heavy atom. The lowest BCUT2D eigenvalue weighted by Gasteiger charge is -2.30. The molecule has 2 aliphatic rings. The molecule has 1 unspecified atom stereocenters. The summed E-state index contributed by atoms with van der Waals surface area (Å²) in [6, 6.07) is 36.8. The average molecular weight is 595 g/mol. The summed E-state index contributed by atoms with van der Waals surface area (Å²) in [7, 11) is 0. The minimum absolute atomic E-state index is 0.114. The van der Waals surface area contributed by atoms with Gasteiger partial charge in [-0.1, -0.05) is 108 Å². The monoisotopic (exact) mass is 594 g/mol. The van der Waals surface area contributed by atoms with Crippen LogP contribution in [0.5, 0.6) is 5.75 Å². The maximum atomic E-state index is 14.2. The Hall–Kier alpha value is -5.07. The Morgan fingerprint density at radius 2 is 1.64 bits per heavy atom. The van der Waals surface area contributed by atoms with Gasteiger partial charge in [0.2, 0.25) is 0 Å². The molecule has 6 aromatic rings. The van der Waals surface area contributed by atoms with Crippen molar-refractivity contribution in [3.05, 3.63) is 174 Å². The van der Waals surface area contributed by atoms with Crippen LogP contribution in [0, 0.1) is 5.82 Å². The van der Waals surface area contributed by atoms with Gasteiger partial charge in [-0.2, -0.15) is 0 Å². The normalized spacial score (nSPS) is 15.8. The molecule has 0 saturated carbocycles. The van der Waals surface area contributed by atoms with E-state index in [9.17, 15) is 9.18 Å². The van der Waals surface area contributed by atoms with Crippen LogP contribution in [0.2, 0.25) is 0 Å². The van der Waals surface area contributed by atoms with E-state index in [0.29, 0.717) is 21.7 Å². The van der Waals surface area contributed by atoms with Gasteiger partial charge in [0, 0.05) is 11.1 Å². The summed E-state index contributed by atoms with van der Waals surface area (Å²) in [6.07, 6.45) is 3.56. The molecule has 5 aromatic carbocycles. The molecule has 1 aliphatic heterocycles. The van der Waals surface area contributed by atoms with Crippen LogP contribution in [0.1, 0.15) is 40.3 Å². The summed E-state index contributed by atoms with van der Waals surface area (Å²) in [5.74, 6) is 0.402. The van der Waals surface area contributed by atoms with Crippen molar-refractivity contribution in [3.63, 3.8) is 0 Å². The molecule has 0 N–H and O–H groups in total. The van der Waals surface area contributed by atoms with Gasteiger partial charge >= 0.3 is 0 Å². The summed E-state index contributed by atoms with van der Waals surface area (Å²) in [4.78, 5) is 19.9. The molecule has 8 rings (SSSR count). The molecule has 0 bridgehead atoms. The number of aromatic nitrogens is 1. The second-order valence-corrected chi connectivity index (χ2v) is 12.1. The van der Waals surface area contributed by atoms with Crippen LogP contribution in [-0.4, -0.2) is 4.57 Å². The molecular weight excluding hydrogens is 567 g/mol. The molecule has 1 atom stereocenters. The summed E-state index contributed by atoms with van der Waals surface area (Å²) in [5.41, 5.74) is 7.06. The third-order valence-corrected chi connectivity index (χ3v) is 9.51. The Labute approximate surface area is 257 Å². The second-order valence-electron chi connectivity index (χ2n) is 11.1. The van der Waals surface area contributed by atoms with Gasteiger partial charge in [-0.25, -0.2) is 9.38 Å². The summed E-state index contributed by atoms with van der Waals surface area (Å²) in [5, 5.41) is 2.33. The summed E-state index contributed by atoms with van der Waals surface area (Å²) >= 11 is 1.38. The number of hydrogen-bond donors (Lipinski definition) is 0. The van der Waals surface area contributed by atoms with Crippen molar-refractivity contribution in [2.24, 2.45) is 4.99 Å². The molecule has 4 nitrogen and oxygen atoms in total. The second kappa shape index (κ2) is 10.9. The Balaban J connectivity index is 1.23. The number of para-hydroxylation sites is 1. The molecule has 2 heterocycles. The van der Waals surface area contributed by atoms with Crippen molar-refractivity contribution >= 4 is 33.9 Å². The fraction of sp³-hybridized carbons (Fsp3) is 0.105. The van der Waals surface area contributed by atoms with E-state index in [4.69, 9.17) is 9.73 Å². The van der Waals surface area contributed by atoms with Crippen molar-refractivity contribution in [1.29, 1.82) is 0 Å². The van der Waals surface area contributed by atoms with Crippen molar-refractivity contribution in [2.75, 3.05) is 0 Å². The van der Waals surface area contributed by atoms with Crippen molar-refractivity contribution < 1.29 is 9.13 Å². The topological polar surface area (TPSA) is 43.6 Å². The molecule has 6 heteroatoms. The third kappa shape index (κ3) is 4.59. The number of thiazole rings is 1. The number of fused-ring (bicyclic) bond motifs is 4. The SMILES string of the molecule is O=c1c(=Cc2ccccc2OCc2cccc3ccccc23)sc2n1C(c1ccc(F)cc1)C1=C(N=2)c2ccccc2CC1. The van der Waals surface area contributed by atoms with Crippen LogP contribution < -0.4 is 19.6 Å². The Morgan fingerprint density at radius 1 is 0.864 bits per heavy atom. The predicted molar refractivity (Wildman–Crippen MR) is 174 cm³/mol. The fourth-order valence-electron chi connectivity index (χ4n) is 6.41. The van der Waals surface area contributed by atoms with E-state index in [0.717, 1.165) is 51.8 Å². The maximum absolute atomic E-state index is 14.2. The van der Waals surface area contributed by atoms with Crippen LogP contribution in [-0.2, 0) is 13.0 Å². The zero-order valence-corrected chi connectivity index (χ0v) is 24.6. The quantitative estimate of drug-likeness (QED) is 0.212. The molecule has 0 spiro atoms. The Kier molecular flexibility index (Phi) is 6.57.